The van der Waals surface area contributed by atoms with Crippen LogP contribution in [0.3, 0.4) is 0 Å². The van der Waals surface area contributed by atoms with E-state index in [-0.39, 0.29) is 0 Å². The van der Waals surface area contributed by atoms with E-state index < -0.39 is 0 Å². The summed E-state index contributed by atoms with van der Waals surface area (Å²) in [5.74, 6) is 1.66. The van der Waals surface area contributed by atoms with Gasteiger partial charge in [-0.25, -0.2) is 0 Å². The van der Waals surface area contributed by atoms with Crippen molar-refractivity contribution in [2.45, 2.75) is 31.7 Å². The zero-order valence-electron chi connectivity index (χ0n) is 8.54. The van der Waals surface area contributed by atoms with Gasteiger partial charge < -0.3 is 10.2 Å². The Hall–Kier alpha value is -0.570. The third-order valence-corrected chi connectivity index (χ3v) is 3.66. The van der Waals surface area contributed by atoms with Crippen molar-refractivity contribution < 1.29 is 4.79 Å². The molecule has 1 saturated heterocycles. The van der Waals surface area contributed by atoms with Gasteiger partial charge in [0.2, 0.25) is 5.91 Å². The van der Waals surface area contributed by atoms with Gasteiger partial charge in [-0.3, -0.25) is 4.79 Å². The van der Waals surface area contributed by atoms with Crippen LogP contribution in [0.4, 0.5) is 0 Å². The number of rotatable bonds is 2. The first kappa shape index (κ1) is 8.72. The highest BCUT2D eigenvalue weighted by Crippen LogP contribution is 2.38. The van der Waals surface area contributed by atoms with Crippen LogP contribution in [-0.4, -0.2) is 36.5 Å². The van der Waals surface area contributed by atoms with Crippen LogP contribution in [0.2, 0.25) is 0 Å². The summed E-state index contributed by atoms with van der Waals surface area (Å²) in [7, 11) is 0. The Morgan fingerprint density at radius 1 is 1.21 bits per heavy atom. The lowest BCUT2D eigenvalue weighted by molar-refractivity contribution is -0.136. The van der Waals surface area contributed by atoms with Gasteiger partial charge in [0.15, 0.2) is 0 Å². The zero-order valence-corrected chi connectivity index (χ0v) is 8.54. The first-order valence-electron chi connectivity index (χ1n) is 5.87. The van der Waals surface area contributed by atoms with E-state index in [1.54, 1.807) is 0 Å². The van der Waals surface area contributed by atoms with Gasteiger partial charge in [-0.1, -0.05) is 0 Å². The first-order chi connectivity index (χ1) is 6.86. The molecule has 14 heavy (non-hydrogen) atoms. The molecule has 78 valence electrons. The Kier molecular flexibility index (Phi) is 2.01. The van der Waals surface area contributed by atoms with Crippen LogP contribution >= 0.6 is 0 Å². The van der Waals surface area contributed by atoms with Crippen LogP contribution in [0.1, 0.15) is 25.7 Å². The first-order valence-corrected chi connectivity index (χ1v) is 5.87. The molecule has 0 unspecified atom stereocenters. The lowest BCUT2D eigenvalue weighted by Gasteiger charge is -2.36. The molecule has 2 saturated carbocycles. The number of nitrogens with one attached hydrogen (secondary N) is 1. The summed E-state index contributed by atoms with van der Waals surface area (Å²) in [6.07, 6.45) is 4.95. The van der Waals surface area contributed by atoms with Gasteiger partial charge in [-0.2, -0.15) is 0 Å². The number of hydrogen-bond acceptors (Lipinski definition) is 2. The van der Waals surface area contributed by atoms with Gasteiger partial charge in [0.25, 0.3) is 0 Å². The van der Waals surface area contributed by atoms with E-state index in [0.29, 0.717) is 17.9 Å². The highest BCUT2D eigenvalue weighted by atomic mass is 16.2. The average molecular weight is 194 g/mol. The molecule has 0 aromatic rings. The molecule has 0 aromatic carbocycles. The topological polar surface area (TPSA) is 32.3 Å². The Labute approximate surface area is 84.8 Å². The number of nitrogens with zero attached hydrogens (tertiary/aromatic N) is 1. The molecule has 0 aromatic heterocycles. The minimum atomic E-state index is 0.398. The Balaban J connectivity index is 1.69. The summed E-state index contributed by atoms with van der Waals surface area (Å²) in [6.45, 7) is 2.96. The van der Waals surface area contributed by atoms with E-state index in [1.165, 1.54) is 12.8 Å². The predicted molar refractivity (Wildman–Crippen MR) is 53.8 cm³/mol. The fourth-order valence-electron chi connectivity index (χ4n) is 2.47. The second kappa shape index (κ2) is 3.23. The Morgan fingerprint density at radius 2 is 2.00 bits per heavy atom. The smallest absolute Gasteiger partial charge is 0.226 e. The van der Waals surface area contributed by atoms with Gasteiger partial charge in [0.05, 0.1) is 0 Å². The number of hydrogen-bond donors (Lipinski definition) is 1. The molecular weight excluding hydrogens is 176 g/mol. The van der Waals surface area contributed by atoms with E-state index in [1.807, 2.05) is 0 Å². The molecule has 3 heteroatoms. The summed E-state index contributed by atoms with van der Waals surface area (Å²) in [5.41, 5.74) is 0. The molecule has 1 amide bonds. The second-order valence-corrected chi connectivity index (χ2v) is 4.91. The summed E-state index contributed by atoms with van der Waals surface area (Å²) < 4.78 is 0. The number of amides is 1. The number of piperazine rings is 1. The second-order valence-electron chi connectivity index (χ2n) is 4.91. The standard InChI is InChI=1S/C11H18N2O/c14-11(9-3-4-9)13-6-5-12-7-10(13)8-1-2-8/h8-10,12H,1-7H2/t10-/m0/s1. The van der Waals surface area contributed by atoms with Crippen LogP contribution < -0.4 is 5.32 Å². The van der Waals surface area contributed by atoms with Crippen molar-refractivity contribution in [3.8, 4) is 0 Å². The molecule has 3 aliphatic rings. The Morgan fingerprint density at radius 3 is 2.64 bits per heavy atom. The van der Waals surface area contributed by atoms with E-state index in [0.717, 1.165) is 38.4 Å². The van der Waals surface area contributed by atoms with E-state index in [4.69, 9.17) is 0 Å². The zero-order chi connectivity index (χ0) is 9.54. The van der Waals surface area contributed by atoms with E-state index in [2.05, 4.69) is 10.2 Å². The third kappa shape index (κ3) is 1.54. The van der Waals surface area contributed by atoms with Gasteiger partial charge in [-0.05, 0) is 31.6 Å². The van der Waals surface area contributed by atoms with Gasteiger partial charge in [-0.15, -0.1) is 0 Å². The van der Waals surface area contributed by atoms with Gasteiger partial charge >= 0.3 is 0 Å². The molecule has 3 rings (SSSR count). The van der Waals surface area contributed by atoms with Crippen molar-refractivity contribution in [3.63, 3.8) is 0 Å². The fraction of sp³-hybridized carbons (Fsp3) is 0.909. The van der Waals surface area contributed by atoms with Crippen molar-refractivity contribution in [3.05, 3.63) is 0 Å². The molecule has 3 nitrogen and oxygen atoms in total. The van der Waals surface area contributed by atoms with Gasteiger partial charge in [0.1, 0.15) is 0 Å². The van der Waals surface area contributed by atoms with Crippen LogP contribution in [0.15, 0.2) is 0 Å². The lowest BCUT2D eigenvalue weighted by Crippen LogP contribution is -2.55. The number of carbonyl (C=O) groups is 1. The number of carbonyl (C=O) groups excluding carboxylic acids is 1. The molecule has 1 N–H and O–H groups in total. The van der Waals surface area contributed by atoms with Crippen LogP contribution in [-0.2, 0) is 4.79 Å². The lowest BCUT2D eigenvalue weighted by atomic mass is 10.1. The molecular formula is C11H18N2O. The minimum Gasteiger partial charge on any atom is -0.337 e. The molecule has 0 bridgehead atoms. The van der Waals surface area contributed by atoms with Crippen LogP contribution in [0.25, 0.3) is 0 Å². The summed E-state index contributed by atoms with van der Waals surface area (Å²) in [5, 5.41) is 3.41. The van der Waals surface area contributed by atoms with Crippen LogP contribution in [0.5, 0.6) is 0 Å². The third-order valence-electron chi connectivity index (χ3n) is 3.66. The summed E-state index contributed by atoms with van der Waals surface area (Å²) >= 11 is 0. The Bertz CT molecular complexity index is 246. The molecule has 1 aliphatic heterocycles. The molecule has 1 atom stereocenters. The van der Waals surface area contributed by atoms with Crippen molar-refractivity contribution in [1.82, 2.24) is 10.2 Å². The maximum Gasteiger partial charge on any atom is 0.226 e. The molecule has 0 radical (unpaired) electrons. The highest BCUT2D eigenvalue weighted by molar-refractivity contribution is 5.81. The quantitative estimate of drug-likeness (QED) is 0.698. The highest BCUT2D eigenvalue weighted by Gasteiger charge is 2.42. The van der Waals surface area contributed by atoms with Crippen molar-refractivity contribution in [1.29, 1.82) is 0 Å². The van der Waals surface area contributed by atoms with Crippen molar-refractivity contribution >= 4 is 5.91 Å². The molecule has 2 aliphatic carbocycles. The monoisotopic (exact) mass is 194 g/mol. The SMILES string of the molecule is O=C(C1CC1)N1CCNC[C@H]1C1CC1. The largest absolute Gasteiger partial charge is 0.337 e. The maximum absolute atomic E-state index is 12.0. The molecule has 3 fully saturated rings. The normalized spacial score (nSPS) is 33.1. The summed E-state index contributed by atoms with van der Waals surface area (Å²) in [4.78, 5) is 14.2. The van der Waals surface area contributed by atoms with Crippen LogP contribution in [0, 0.1) is 11.8 Å². The van der Waals surface area contributed by atoms with Gasteiger partial charge in [0, 0.05) is 31.6 Å². The summed E-state index contributed by atoms with van der Waals surface area (Å²) in [6, 6.07) is 0.525. The van der Waals surface area contributed by atoms with E-state index >= 15 is 0 Å². The van der Waals surface area contributed by atoms with E-state index in [9.17, 15) is 4.79 Å². The molecule has 1 heterocycles. The fourth-order valence-corrected chi connectivity index (χ4v) is 2.47. The van der Waals surface area contributed by atoms with Crippen molar-refractivity contribution in [2.75, 3.05) is 19.6 Å². The minimum absolute atomic E-state index is 0.398. The molecule has 0 spiro atoms. The predicted octanol–water partition coefficient (Wildman–Crippen LogP) is 0.607. The average Bonchev–Trinajstić information content (AvgIpc) is 3.05. The van der Waals surface area contributed by atoms with Crippen molar-refractivity contribution in [2.24, 2.45) is 11.8 Å². The maximum atomic E-state index is 12.0.